The summed E-state index contributed by atoms with van der Waals surface area (Å²) in [5.74, 6) is 0.237. The topological polar surface area (TPSA) is 79.5 Å². The first kappa shape index (κ1) is 15.9. The van der Waals surface area contributed by atoms with Gasteiger partial charge >= 0.3 is 0 Å². The highest BCUT2D eigenvalue weighted by Gasteiger charge is 2.34. The van der Waals surface area contributed by atoms with Gasteiger partial charge in [-0.3, -0.25) is 4.79 Å². The minimum atomic E-state index is -0.211. The molecule has 1 aliphatic rings. The Balaban J connectivity index is 1.90. The number of carbonyl (C=O) groups is 1. The number of aromatic nitrogens is 3. The standard InChI is InChI=1S/C17H24N4O2/c1-5-14(12-7-13(22)8-12)19-17(23)15-11(4)20-21-10(3)6-9(2)18-16(15)21/h6,12-14,22H,5,7-8H2,1-4H3,(H,19,23)/t12?,13?,14-/m0/s1. The largest absolute Gasteiger partial charge is 0.393 e. The molecule has 1 amide bonds. The van der Waals surface area contributed by atoms with E-state index in [0.29, 0.717) is 22.8 Å². The van der Waals surface area contributed by atoms with Crippen LogP contribution in [0, 0.1) is 26.7 Å². The van der Waals surface area contributed by atoms with Gasteiger partial charge in [0, 0.05) is 17.4 Å². The average molecular weight is 316 g/mol. The highest BCUT2D eigenvalue weighted by Crippen LogP contribution is 2.31. The Morgan fingerprint density at radius 1 is 1.43 bits per heavy atom. The Labute approximate surface area is 135 Å². The molecule has 0 aromatic carbocycles. The highest BCUT2D eigenvalue weighted by molar-refractivity contribution is 6.01. The summed E-state index contributed by atoms with van der Waals surface area (Å²) < 4.78 is 1.73. The van der Waals surface area contributed by atoms with Crippen LogP contribution in [0.15, 0.2) is 6.07 Å². The SMILES string of the molecule is CC[C@H](NC(=O)c1c(C)nn2c(C)cc(C)nc12)C1CC(O)C1. The summed E-state index contributed by atoms with van der Waals surface area (Å²) in [6.45, 7) is 7.78. The molecule has 0 bridgehead atoms. The van der Waals surface area contributed by atoms with Gasteiger partial charge in [-0.1, -0.05) is 6.92 Å². The number of rotatable bonds is 4. The van der Waals surface area contributed by atoms with Crippen molar-refractivity contribution in [3.05, 3.63) is 28.7 Å². The molecule has 6 heteroatoms. The van der Waals surface area contributed by atoms with Crippen LogP contribution in [0.1, 0.15) is 53.6 Å². The third-order valence-electron chi connectivity index (χ3n) is 4.77. The van der Waals surface area contributed by atoms with Crippen molar-refractivity contribution in [1.82, 2.24) is 19.9 Å². The third kappa shape index (κ3) is 2.83. The minimum absolute atomic E-state index is 0.0890. The number of nitrogens with zero attached hydrogens (tertiary/aromatic N) is 3. The van der Waals surface area contributed by atoms with E-state index < -0.39 is 0 Å². The van der Waals surface area contributed by atoms with Crippen molar-refractivity contribution in [3.8, 4) is 0 Å². The van der Waals surface area contributed by atoms with Crippen molar-refractivity contribution >= 4 is 11.6 Å². The van der Waals surface area contributed by atoms with E-state index in [-0.39, 0.29) is 18.1 Å². The first-order valence-corrected chi connectivity index (χ1v) is 8.23. The molecule has 0 aliphatic heterocycles. The van der Waals surface area contributed by atoms with Crippen molar-refractivity contribution in [2.45, 2.75) is 59.1 Å². The molecule has 124 valence electrons. The molecule has 1 fully saturated rings. The number of aliphatic hydroxyl groups excluding tert-OH is 1. The van der Waals surface area contributed by atoms with Crippen LogP contribution in [0.5, 0.6) is 0 Å². The Morgan fingerprint density at radius 2 is 2.13 bits per heavy atom. The lowest BCUT2D eigenvalue weighted by molar-refractivity contribution is 0.0232. The predicted octanol–water partition coefficient (Wildman–Crippen LogP) is 1.93. The van der Waals surface area contributed by atoms with Crippen LogP contribution < -0.4 is 5.32 Å². The van der Waals surface area contributed by atoms with Crippen LogP contribution in [-0.2, 0) is 0 Å². The van der Waals surface area contributed by atoms with Crippen molar-refractivity contribution in [1.29, 1.82) is 0 Å². The number of aliphatic hydroxyl groups is 1. The number of hydrogen-bond donors (Lipinski definition) is 2. The fraction of sp³-hybridized carbons (Fsp3) is 0.588. The molecule has 3 rings (SSSR count). The quantitative estimate of drug-likeness (QED) is 0.903. The first-order valence-electron chi connectivity index (χ1n) is 8.23. The maximum atomic E-state index is 12.8. The lowest BCUT2D eigenvalue weighted by Gasteiger charge is -2.37. The molecule has 1 saturated carbocycles. The second kappa shape index (κ2) is 5.92. The van der Waals surface area contributed by atoms with E-state index in [1.165, 1.54) is 0 Å². The number of hydrogen-bond acceptors (Lipinski definition) is 4. The smallest absolute Gasteiger partial charge is 0.257 e. The fourth-order valence-corrected chi connectivity index (χ4v) is 3.45. The van der Waals surface area contributed by atoms with E-state index in [1.54, 1.807) is 4.52 Å². The van der Waals surface area contributed by atoms with E-state index in [1.807, 2.05) is 26.8 Å². The Morgan fingerprint density at radius 3 is 2.74 bits per heavy atom. The maximum absolute atomic E-state index is 12.8. The highest BCUT2D eigenvalue weighted by atomic mass is 16.3. The Kier molecular flexibility index (Phi) is 4.10. The van der Waals surface area contributed by atoms with Crippen molar-refractivity contribution in [2.24, 2.45) is 5.92 Å². The summed E-state index contributed by atoms with van der Waals surface area (Å²) in [7, 11) is 0. The second-order valence-electron chi connectivity index (χ2n) is 6.61. The summed E-state index contributed by atoms with van der Waals surface area (Å²) in [4.78, 5) is 17.3. The van der Waals surface area contributed by atoms with Gasteiger partial charge in [-0.2, -0.15) is 5.10 Å². The van der Waals surface area contributed by atoms with Gasteiger partial charge in [0.1, 0.15) is 5.56 Å². The van der Waals surface area contributed by atoms with Crippen LogP contribution in [-0.4, -0.2) is 37.8 Å². The molecule has 1 aliphatic carbocycles. The zero-order valence-corrected chi connectivity index (χ0v) is 14.1. The molecule has 0 radical (unpaired) electrons. The molecule has 0 unspecified atom stereocenters. The van der Waals surface area contributed by atoms with Crippen molar-refractivity contribution < 1.29 is 9.90 Å². The van der Waals surface area contributed by atoms with Gasteiger partial charge in [0.15, 0.2) is 5.65 Å². The van der Waals surface area contributed by atoms with Crippen LogP contribution in [0.25, 0.3) is 5.65 Å². The van der Waals surface area contributed by atoms with Gasteiger partial charge in [-0.05, 0) is 52.0 Å². The van der Waals surface area contributed by atoms with Gasteiger partial charge in [-0.25, -0.2) is 9.50 Å². The molecule has 2 aromatic rings. The molecule has 0 spiro atoms. The number of amides is 1. The van der Waals surface area contributed by atoms with Crippen LogP contribution in [0.4, 0.5) is 0 Å². The fourth-order valence-electron chi connectivity index (χ4n) is 3.45. The van der Waals surface area contributed by atoms with Crippen molar-refractivity contribution in [3.63, 3.8) is 0 Å². The van der Waals surface area contributed by atoms with Gasteiger partial charge in [0.05, 0.1) is 11.8 Å². The molecule has 2 aromatic heterocycles. The number of aryl methyl sites for hydroxylation is 3. The van der Waals surface area contributed by atoms with E-state index in [9.17, 15) is 9.90 Å². The van der Waals surface area contributed by atoms with Crippen LogP contribution >= 0.6 is 0 Å². The van der Waals surface area contributed by atoms with E-state index in [2.05, 4.69) is 22.3 Å². The maximum Gasteiger partial charge on any atom is 0.257 e. The predicted molar refractivity (Wildman–Crippen MR) is 87.5 cm³/mol. The molecule has 1 atom stereocenters. The molecule has 2 N–H and O–H groups in total. The molecule has 2 heterocycles. The van der Waals surface area contributed by atoms with Gasteiger partial charge in [0.2, 0.25) is 0 Å². The minimum Gasteiger partial charge on any atom is -0.393 e. The molecule has 6 nitrogen and oxygen atoms in total. The van der Waals surface area contributed by atoms with Crippen molar-refractivity contribution in [2.75, 3.05) is 0 Å². The normalized spacial score (nSPS) is 22.0. The van der Waals surface area contributed by atoms with E-state index in [4.69, 9.17) is 0 Å². The van der Waals surface area contributed by atoms with Gasteiger partial charge in [0.25, 0.3) is 5.91 Å². The summed E-state index contributed by atoms with van der Waals surface area (Å²) in [6, 6.07) is 2.04. The monoisotopic (exact) mass is 316 g/mol. The summed E-state index contributed by atoms with van der Waals surface area (Å²) in [5.41, 5.74) is 3.69. The Bertz CT molecular complexity index is 747. The molecular weight excluding hydrogens is 292 g/mol. The Hall–Kier alpha value is -1.95. The number of fused-ring (bicyclic) bond motifs is 1. The molecule has 0 saturated heterocycles. The summed E-state index contributed by atoms with van der Waals surface area (Å²) in [5, 5.41) is 17.1. The average Bonchev–Trinajstić information content (AvgIpc) is 2.78. The summed E-state index contributed by atoms with van der Waals surface area (Å²) in [6.07, 6.45) is 2.18. The zero-order chi connectivity index (χ0) is 16.7. The molecular formula is C17H24N4O2. The number of nitrogens with one attached hydrogen (secondary N) is 1. The van der Waals surface area contributed by atoms with Crippen LogP contribution in [0.2, 0.25) is 0 Å². The lowest BCUT2D eigenvalue weighted by Crippen LogP contribution is -2.46. The third-order valence-corrected chi connectivity index (χ3v) is 4.77. The van der Waals surface area contributed by atoms with Gasteiger partial charge < -0.3 is 10.4 Å². The zero-order valence-electron chi connectivity index (χ0n) is 14.1. The second-order valence-corrected chi connectivity index (χ2v) is 6.61. The van der Waals surface area contributed by atoms with Crippen LogP contribution in [0.3, 0.4) is 0 Å². The lowest BCUT2D eigenvalue weighted by atomic mass is 9.76. The first-order chi connectivity index (χ1) is 10.9. The molecule has 23 heavy (non-hydrogen) atoms. The summed E-state index contributed by atoms with van der Waals surface area (Å²) >= 11 is 0. The number of carbonyl (C=O) groups excluding carboxylic acids is 1. The van der Waals surface area contributed by atoms with E-state index in [0.717, 1.165) is 30.7 Å². The van der Waals surface area contributed by atoms with E-state index >= 15 is 0 Å². The van der Waals surface area contributed by atoms with Gasteiger partial charge in [-0.15, -0.1) is 0 Å².